The van der Waals surface area contributed by atoms with Crippen LogP contribution in [0.2, 0.25) is 0 Å². The number of carbonyl (C=O) groups is 4. The molecule has 18 heteroatoms. The number of H-pyrrole nitrogens is 1. The standard InChI is InChI=1S/C45H49F2N9O6S/c1-2-21-63(61,62)54-36-9-8-35(46)41(42(36)47)43(59)34-25-51-44-33(34)22-30(24-50-44)29-5-11-38(49-23-29)55-19-15-31(16-20-55)48-26-40(58)56-17-13-28(14-18-56)27-3-6-32(7-4-27)52-37-10-12-39(57)53-45(37)60/h3-9,11,22-25,28,31,37,48,52,54H,2,10,12-21,26H2,1H3,(H,50,51)(H,53,57,60). The van der Waals surface area contributed by atoms with Crippen LogP contribution in [-0.4, -0.2) is 102 Å². The Bertz CT molecular complexity index is 2630. The van der Waals surface area contributed by atoms with Crippen LogP contribution in [-0.2, 0) is 24.4 Å². The molecule has 8 rings (SSSR count). The summed E-state index contributed by atoms with van der Waals surface area (Å²) in [4.78, 5) is 66.5. The average Bonchev–Trinajstić information content (AvgIpc) is 3.72. The van der Waals surface area contributed by atoms with E-state index in [1.54, 1.807) is 25.4 Å². The van der Waals surface area contributed by atoms with Gasteiger partial charge in [0.25, 0.3) is 0 Å². The van der Waals surface area contributed by atoms with Crippen molar-refractivity contribution in [2.24, 2.45) is 0 Å². The molecular formula is C45H49F2N9O6S. The molecule has 3 aromatic heterocycles. The minimum atomic E-state index is -3.90. The van der Waals surface area contributed by atoms with E-state index in [-0.39, 0.29) is 48.0 Å². The zero-order chi connectivity index (χ0) is 44.3. The lowest BCUT2D eigenvalue weighted by Gasteiger charge is -2.35. The van der Waals surface area contributed by atoms with Gasteiger partial charge in [0, 0.05) is 85.0 Å². The number of hydrogen-bond donors (Lipinski definition) is 5. The summed E-state index contributed by atoms with van der Waals surface area (Å²) in [6, 6.07) is 15.1. The van der Waals surface area contributed by atoms with E-state index >= 15 is 4.39 Å². The Balaban J connectivity index is 0.809. The molecule has 6 heterocycles. The molecule has 63 heavy (non-hydrogen) atoms. The summed E-state index contributed by atoms with van der Waals surface area (Å²) in [7, 11) is -3.90. The predicted molar refractivity (Wildman–Crippen MR) is 235 cm³/mol. The van der Waals surface area contributed by atoms with Gasteiger partial charge in [-0.2, -0.15) is 0 Å². The molecule has 330 valence electrons. The third kappa shape index (κ3) is 9.86. The van der Waals surface area contributed by atoms with Crippen LogP contribution < -0.4 is 25.6 Å². The number of ketones is 1. The molecule has 0 bridgehead atoms. The Labute approximate surface area is 363 Å². The topological polar surface area (TPSA) is 199 Å². The van der Waals surface area contributed by atoms with Gasteiger partial charge in [0.05, 0.1) is 23.5 Å². The summed E-state index contributed by atoms with van der Waals surface area (Å²) >= 11 is 0. The van der Waals surface area contributed by atoms with Crippen LogP contribution in [0.3, 0.4) is 0 Å². The van der Waals surface area contributed by atoms with E-state index < -0.39 is 44.7 Å². The number of aromatic amines is 1. The van der Waals surface area contributed by atoms with Gasteiger partial charge in [0.2, 0.25) is 33.5 Å². The number of aromatic nitrogens is 3. The quantitative estimate of drug-likeness (QED) is 0.0701. The second-order valence-electron chi connectivity index (χ2n) is 16.3. The van der Waals surface area contributed by atoms with Crippen LogP contribution in [0, 0.1) is 11.6 Å². The molecule has 2 aromatic carbocycles. The molecule has 5 aromatic rings. The molecule has 1 unspecified atom stereocenters. The maximum atomic E-state index is 15.5. The van der Waals surface area contributed by atoms with Crippen molar-refractivity contribution in [3.8, 4) is 11.1 Å². The van der Waals surface area contributed by atoms with Crippen LogP contribution in [0.5, 0.6) is 0 Å². The lowest BCUT2D eigenvalue weighted by Crippen LogP contribution is -2.48. The fraction of sp³-hybridized carbons (Fsp3) is 0.378. The SMILES string of the molecule is CCCS(=O)(=O)Nc1ccc(F)c(C(=O)c2c[nH]c3ncc(-c4ccc(N5CCC(NCC(=O)N6CCC(c7ccc(NC8CCC(=O)NC8=O)cc7)CC6)CC5)nc4)cc23)c1F. The number of hydrogen-bond acceptors (Lipinski definition) is 11. The molecule has 3 aliphatic heterocycles. The second kappa shape index (κ2) is 18.6. The van der Waals surface area contributed by atoms with Crippen molar-refractivity contribution >= 4 is 61.8 Å². The molecule has 1 atom stereocenters. The Hall–Kier alpha value is -6.27. The Kier molecular flexibility index (Phi) is 12.8. The molecule has 3 amide bonds. The second-order valence-corrected chi connectivity index (χ2v) is 18.2. The Morgan fingerprint density at radius 1 is 0.889 bits per heavy atom. The van der Waals surface area contributed by atoms with Crippen molar-refractivity contribution in [1.82, 2.24) is 30.5 Å². The van der Waals surface area contributed by atoms with Crippen molar-refractivity contribution in [3.63, 3.8) is 0 Å². The van der Waals surface area contributed by atoms with E-state index in [2.05, 4.69) is 47.7 Å². The normalized spacial score (nSPS) is 17.8. The number of rotatable bonds is 14. The number of carbonyl (C=O) groups excluding carboxylic acids is 4. The highest BCUT2D eigenvalue weighted by Gasteiger charge is 2.29. The fourth-order valence-electron chi connectivity index (χ4n) is 8.56. The number of benzene rings is 2. The van der Waals surface area contributed by atoms with Gasteiger partial charge in [-0.25, -0.2) is 27.2 Å². The van der Waals surface area contributed by atoms with E-state index in [4.69, 9.17) is 4.98 Å². The van der Waals surface area contributed by atoms with Crippen molar-refractivity contribution in [3.05, 3.63) is 102 Å². The summed E-state index contributed by atoms with van der Waals surface area (Å²) in [6.45, 7) is 4.82. The molecule has 15 nitrogen and oxygen atoms in total. The van der Waals surface area contributed by atoms with Crippen LogP contribution in [0.4, 0.5) is 26.0 Å². The van der Waals surface area contributed by atoms with Gasteiger partial charge in [0.1, 0.15) is 23.3 Å². The first-order chi connectivity index (χ1) is 30.4. The number of nitrogens with zero attached hydrogens (tertiary/aromatic N) is 4. The fourth-order valence-corrected chi connectivity index (χ4v) is 9.69. The average molecular weight is 882 g/mol. The van der Waals surface area contributed by atoms with Gasteiger partial charge in [-0.05, 0) is 92.5 Å². The van der Waals surface area contributed by atoms with Crippen LogP contribution in [0.25, 0.3) is 22.2 Å². The number of amides is 3. The van der Waals surface area contributed by atoms with E-state index in [1.165, 1.54) is 11.8 Å². The number of fused-ring (bicyclic) bond motifs is 1. The summed E-state index contributed by atoms with van der Waals surface area (Å²) in [5.41, 5.74) is 2.30. The number of likely N-dealkylation sites (tertiary alicyclic amines) is 1. The molecule has 0 radical (unpaired) electrons. The first-order valence-electron chi connectivity index (χ1n) is 21.3. The highest BCUT2D eigenvalue weighted by molar-refractivity contribution is 7.92. The first-order valence-corrected chi connectivity index (χ1v) is 22.9. The van der Waals surface area contributed by atoms with Gasteiger partial charge >= 0.3 is 0 Å². The summed E-state index contributed by atoms with van der Waals surface area (Å²) < 4.78 is 57.2. The first kappa shape index (κ1) is 43.4. The molecule has 3 saturated heterocycles. The molecule has 5 N–H and O–H groups in total. The predicted octanol–water partition coefficient (Wildman–Crippen LogP) is 5.47. The highest BCUT2D eigenvalue weighted by atomic mass is 32.2. The molecule has 3 fully saturated rings. The number of halogens is 2. The van der Waals surface area contributed by atoms with Crippen LogP contribution >= 0.6 is 0 Å². The number of sulfonamides is 1. The summed E-state index contributed by atoms with van der Waals surface area (Å²) in [6.07, 6.45) is 9.15. The Morgan fingerprint density at radius 3 is 2.33 bits per heavy atom. The van der Waals surface area contributed by atoms with Crippen molar-refractivity contribution in [1.29, 1.82) is 0 Å². The molecule has 3 aliphatic rings. The number of nitrogens with one attached hydrogen (secondary N) is 5. The maximum absolute atomic E-state index is 15.5. The molecule has 0 spiro atoms. The third-order valence-electron chi connectivity index (χ3n) is 12.1. The van der Waals surface area contributed by atoms with Gasteiger partial charge in [-0.3, -0.25) is 29.2 Å². The smallest absolute Gasteiger partial charge is 0.249 e. The number of pyridine rings is 2. The van der Waals surface area contributed by atoms with E-state index in [0.29, 0.717) is 54.0 Å². The zero-order valence-electron chi connectivity index (χ0n) is 34.8. The molecule has 0 aliphatic carbocycles. The van der Waals surface area contributed by atoms with Crippen molar-refractivity contribution < 1.29 is 36.4 Å². The minimum Gasteiger partial charge on any atom is -0.374 e. The lowest BCUT2D eigenvalue weighted by molar-refractivity contribution is -0.134. The van der Waals surface area contributed by atoms with Crippen molar-refractivity contribution in [2.45, 2.75) is 69.9 Å². The van der Waals surface area contributed by atoms with Gasteiger partial charge in [0.15, 0.2) is 5.82 Å². The van der Waals surface area contributed by atoms with Gasteiger partial charge in [-0.1, -0.05) is 19.1 Å². The van der Waals surface area contributed by atoms with Crippen molar-refractivity contribution in [2.75, 3.05) is 53.4 Å². The maximum Gasteiger partial charge on any atom is 0.249 e. The number of imide groups is 1. The summed E-state index contributed by atoms with van der Waals surface area (Å²) in [5.74, 6) is -2.96. The molecular weight excluding hydrogens is 833 g/mol. The van der Waals surface area contributed by atoms with Gasteiger partial charge < -0.3 is 25.4 Å². The lowest BCUT2D eigenvalue weighted by atomic mass is 9.89. The van der Waals surface area contributed by atoms with E-state index in [1.807, 2.05) is 29.2 Å². The monoisotopic (exact) mass is 881 g/mol. The van der Waals surface area contributed by atoms with E-state index in [0.717, 1.165) is 62.4 Å². The Morgan fingerprint density at radius 2 is 1.63 bits per heavy atom. The van der Waals surface area contributed by atoms with Gasteiger partial charge in [-0.15, -0.1) is 0 Å². The highest BCUT2D eigenvalue weighted by Crippen LogP contribution is 2.32. The number of piperidine rings is 3. The third-order valence-corrected chi connectivity index (χ3v) is 13.6. The van der Waals surface area contributed by atoms with E-state index in [9.17, 15) is 32.0 Å². The number of anilines is 3. The zero-order valence-corrected chi connectivity index (χ0v) is 35.6. The molecule has 0 saturated carbocycles. The minimum absolute atomic E-state index is 0.0275. The largest absolute Gasteiger partial charge is 0.374 e. The summed E-state index contributed by atoms with van der Waals surface area (Å²) in [5, 5.41) is 9.39. The van der Waals surface area contributed by atoms with Crippen LogP contribution in [0.15, 0.2) is 73.2 Å². The van der Waals surface area contributed by atoms with Crippen LogP contribution in [0.1, 0.15) is 79.3 Å².